The van der Waals surface area contributed by atoms with Crippen molar-refractivity contribution in [2.24, 2.45) is 0 Å². The summed E-state index contributed by atoms with van der Waals surface area (Å²) in [4.78, 5) is 0. The van der Waals surface area contributed by atoms with Crippen LogP contribution in [0.3, 0.4) is 0 Å². The number of hydrogen-bond acceptors (Lipinski definition) is 3. The minimum Gasteiger partial charge on any atom is -0.491 e. The number of fused-ring (bicyclic) bond motifs is 1. The molecule has 18 heavy (non-hydrogen) atoms. The molecule has 1 aliphatic carbocycles. The Hall–Kier alpha value is -1.53. The van der Waals surface area contributed by atoms with E-state index < -0.39 is 0 Å². The van der Waals surface area contributed by atoms with Gasteiger partial charge < -0.3 is 4.74 Å². The number of aryl methyl sites for hydroxylation is 2. The van der Waals surface area contributed by atoms with E-state index in [0.717, 1.165) is 25.1 Å². The van der Waals surface area contributed by atoms with Gasteiger partial charge in [0.15, 0.2) is 0 Å². The normalized spacial score (nSPS) is 14.9. The lowest BCUT2D eigenvalue weighted by molar-refractivity contribution is 0.289. The fraction of sp³-hybridized carbons (Fsp3) is 0.533. The van der Waals surface area contributed by atoms with Crippen molar-refractivity contribution in [1.29, 1.82) is 5.26 Å². The highest BCUT2D eigenvalue weighted by Crippen LogP contribution is 2.25. The van der Waals surface area contributed by atoms with Gasteiger partial charge in [0.2, 0.25) is 0 Å². The lowest BCUT2D eigenvalue weighted by Crippen LogP contribution is -2.33. The summed E-state index contributed by atoms with van der Waals surface area (Å²) < 4.78 is 5.70. The molecule has 0 fully saturated rings. The van der Waals surface area contributed by atoms with Crippen molar-refractivity contribution in [3.63, 3.8) is 0 Å². The van der Waals surface area contributed by atoms with Crippen molar-refractivity contribution < 1.29 is 4.74 Å². The molecule has 0 aromatic heterocycles. The van der Waals surface area contributed by atoms with Gasteiger partial charge in [-0.05, 0) is 55.5 Å². The quantitative estimate of drug-likeness (QED) is 0.836. The summed E-state index contributed by atoms with van der Waals surface area (Å²) >= 11 is 0. The first kappa shape index (κ1) is 12.9. The first-order chi connectivity index (χ1) is 8.83. The molecule has 0 spiro atoms. The van der Waals surface area contributed by atoms with Crippen LogP contribution in [0.1, 0.15) is 30.9 Å². The number of ether oxygens (including phenoxy) is 1. The second-order valence-electron chi connectivity index (χ2n) is 4.73. The highest BCUT2D eigenvalue weighted by molar-refractivity contribution is 5.38. The third-order valence-electron chi connectivity index (χ3n) is 3.28. The predicted octanol–water partition coefficient (Wildman–Crippen LogP) is 2.45. The van der Waals surface area contributed by atoms with Crippen molar-refractivity contribution in [1.82, 2.24) is 5.32 Å². The monoisotopic (exact) mass is 244 g/mol. The smallest absolute Gasteiger partial charge is 0.130 e. The lowest BCUT2D eigenvalue weighted by Gasteiger charge is -2.13. The predicted molar refractivity (Wildman–Crippen MR) is 71.7 cm³/mol. The zero-order valence-electron chi connectivity index (χ0n) is 10.9. The molecule has 3 heteroatoms. The molecule has 1 N–H and O–H groups in total. The van der Waals surface area contributed by atoms with E-state index in [1.54, 1.807) is 0 Å². The molecule has 1 aromatic carbocycles. The van der Waals surface area contributed by atoms with Gasteiger partial charge in [0, 0.05) is 0 Å². The molecule has 0 saturated heterocycles. The summed E-state index contributed by atoms with van der Waals surface area (Å²) in [5, 5.41) is 12.1. The second-order valence-corrected chi connectivity index (χ2v) is 4.73. The Kier molecular flexibility index (Phi) is 4.60. The van der Waals surface area contributed by atoms with E-state index in [0.29, 0.717) is 6.61 Å². The Labute approximate surface area is 109 Å². The van der Waals surface area contributed by atoms with Crippen LogP contribution in [0, 0.1) is 11.3 Å². The number of benzene rings is 1. The fourth-order valence-electron chi connectivity index (χ4n) is 2.28. The van der Waals surface area contributed by atoms with Gasteiger partial charge >= 0.3 is 0 Å². The van der Waals surface area contributed by atoms with Gasteiger partial charge in [0.05, 0.1) is 6.07 Å². The maximum absolute atomic E-state index is 8.99. The van der Waals surface area contributed by atoms with Gasteiger partial charge in [0.1, 0.15) is 18.4 Å². The average Bonchev–Trinajstić information content (AvgIpc) is 2.86. The Morgan fingerprint density at radius 3 is 3.00 bits per heavy atom. The van der Waals surface area contributed by atoms with Gasteiger partial charge in [-0.2, -0.15) is 5.26 Å². The number of nitrogens with one attached hydrogen (secondary N) is 1. The van der Waals surface area contributed by atoms with Crippen molar-refractivity contribution in [3.8, 4) is 11.8 Å². The van der Waals surface area contributed by atoms with Crippen LogP contribution in [-0.4, -0.2) is 19.2 Å². The Morgan fingerprint density at radius 1 is 1.39 bits per heavy atom. The molecule has 2 rings (SSSR count). The summed E-state index contributed by atoms with van der Waals surface area (Å²) in [7, 11) is 0. The average molecular weight is 244 g/mol. The van der Waals surface area contributed by atoms with Crippen LogP contribution in [0.4, 0.5) is 0 Å². The highest BCUT2D eigenvalue weighted by atomic mass is 16.5. The maximum atomic E-state index is 8.99. The Balaban J connectivity index is 1.88. The van der Waals surface area contributed by atoms with E-state index in [9.17, 15) is 0 Å². The van der Waals surface area contributed by atoms with Gasteiger partial charge in [-0.3, -0.25) is 5.32 Å². The number of nitriles is 1. The molecule has 0 heterocycles. The van der Waals surface area contributed by atoms with Crippen LogP contribution >= 0.6 is 0 Å². The van der Waals surface area contributed by atoms with E-state index in [4.69, 9.17) is 10.00 Å². The van der Waals surface area contributed by atoms with Crippen molar-refractivity contribution in [2.75, 3.05) is 13.2 Å². The SMILES string of the molecule is CCCNC(C#N)COc1ccc2c(c1)CCC2. The highest BCUT2D eigenvalue weighted by Gasteiger charge is 2.12. The molecule has 1 atom stereocenters. The van der Waals surface area contributed by atoms with Crippen LogP contribution in [0.15, 0.2) is 18.2 Å². The number of nitrogens with zero attached hydrogens (tertiary/aromatic N) is 1. The van der Waals surface area contributed by atoms with Crippen LogP contribution in [-0.2, 0) is 12.8 Å². The molecule has 96 valence electrons. The van der Waals surface area contributed by atoms with Crippen LogP contribution in [0.2, 0.25) is 0 Å². The molecule has 1 aliphatic rings. The standard InChI is InChI=1S/C15H20N2O/c1-2-8-17-14(10-16)11-18-15-7-6-12-4-3-5-13(12)9-15/h6-7,9,14,17H,2-5,8,11H2,1H3. The zero-order valence-corrected chi connectivity index (χ0v) is 10.9. The van der Waals surface area contributed by atoms with Gasteiger partial charge in [-0.15, -0.1) is 0 Å². The van der Waals surface area contributed by atoms with Crippen LogP contribution < -0.4 is 10.1 Å². The molecule has 0 radical (unpaired) electrons. The summed E-state index contributed by atoms with van der Waals surface area (Å²) in [6, 6.07) is 8.28. The molecule has 0 bridgehead atoms. The molecule has 0 aliphatic heterocycles. The summed E-state index contributed by atoms with van der Waals surface area (Å²) in [6.45, 7) is 3.35. The zero-order chi connectivity index (χ0) is 12.8. The van der Waals surface area contributed by atoms with Crippen molar-refractivity contribution in [2.45, 2.75) is 38.6 Å². The molecule has 1 aromatic rings. The van der Waals surface area contributed by atoms with E-state index in [1.807, 2.05) is 6.07 Å². The fourth-order valence-corrected chi connectivity index (χ4v) is 2.28. The molecule has 1 unspecified atom stereocenters. The first-order valence-electron chi connectivity index (χ1n) is 6.71. The maximum Gasteiger partial charge on any atom is 0.130 e. The van der Waals surface area contributed by atoms with Crippen molar-refractivity contribution in [3.05, 3.63) is 29.3 Å². The molecule has 0 amide bonds. The summed E-state index contributed by atoms with van der Waals surface area (Å²) in [5.74, 6) is 0.884. The van der Waals surface area contributed by atoms with E-state index in [-0.39, 0.29) is 6.04 Å². The van der Waals surface area contributed by atoms with Crippen LogP contribution in [0.25, 0.3) is 0 Å². The van der Waals surface area contributed by atoms with E-state index in [2.05, 4.69) is 30.4 Å². The minimum absolute atomic E-state index is 0.224. The third kappa shape index (κ3) is 3.24. The largest absolute Gasteiger partial charge is 0.491 e. The molecule has 3 nitrogen and oxygen atoms in total. The second kappa shape index (κ2) is 6.42. The van der Waals surface area contributed by atoms with E-state index >= 15 is 0 Å². The number of rotatable bonds is 6. The number of hydrogen-bond donors (Lipinski definition) is 1. The summed E-state index contributed by atoms with van der Waals surface area (Å²) in [5.41, 5.74) is 2.85. The Bertz CT molecular complexity index is 437. The van der Waals surface area contributed by atoms with Gasteiger partial charge in [-0.1, -0.05) is 13.0 Å². The van der Waals surface area contributed by atoms with Crippen molar-refractivity contribution >= 4 is 0 Å². The lowest BCUT2D eigenvalue weighted by atomic mass is 10.1. The molecule has 0 saturated carbocycles. The van der Waals surface area contributed by atoms with Gasteiger partial charge in [-0.25, -0.2) is 0 Å². The third-order valence-corrected chi connectivity index (χ3v) is 3.28. The Morgan fingerprint density at radius 2 is 2.22 bits per heavy atom. The molecular formula is C15H20N2O. The minimum atomic E-state index is -0.224. The molecular weight excluding hydrogens is 224 g/mol. The van der Waals surface area contributed by atoms with Crippen LogP contribution in [0.5, 0.6) is 5.75 Å². The topological polar surface area (TPSA) is 45.0 Å². The van der Waals surface area contributed by atoms with E-state index in [1.165, 1.54) is 24.0 Å². The first-order valence-corrected chi connectivity index (χ1v) is 6.71. The summed E-state index contributed by atoms with van der Waals surface area (Å²) in [6.07, 6.45) is 4.62. The van der Waals surface area contributed by atoms with Gasteiger partial charge in [0.25, 0.3) is 0 Å².